The van der Waals surface area contributed by atoms with Crippen molar-refractivity contribution in [3.63, 3.8) is 0 Å². The van der Waals surface area contributed by atoms with Crippen LogP contribution in [0.25, 0.3) is 0 Å². The molecule has 1 saturated heterocycles. The second-order valence-corrected chi connectivity index (χ2v) is 9.58. The summed E-state index contributed by atoms with van der Waals surface area (Å²) in [6.07, 6.45) is 4.19. The van der Waals surface area contributed by atoms with E-state index in [1.165, 1.54) is 18.5 Å². The minimum absolute atomic E-state index is 0.0651. The Morgan fingerprint density at radius 1 is 1.23 bits per heavy atom. The standard InChI is InChI=1S/C21H25FN6O3/c1-20(2)8-15-9-21(3,10-20)11-27(15)18-16(28(30)31)17(23-12-24-18)25-26-19(29)13-4-6-14(22)7-5-13/h4-7,12,15H,8-11H2,1-3H3,(H,26,29)(H,23,24,25). The van der Waals surface area contributed by atoms with Gasteiger partial charge in [0.15, 0.2) is 0 Å². The van der Waals surface area contributed by atoms with Gasteiger partial charge in [0.05, 0.1) is 4.92 Å². The predicted molar refractivity (Wildman–Crippen MR) is 113 cm³/mol. The van der Waals surface area contributed by atoms with Crippen molar-refractivity contribution in [3.05, 3.63) is 52.1 Å². The van der Waals surface area contributed by atoms with Gasteiger partial charge in [-0.1, -0.05) is 20.8 Å². The minimum Gasteiger partial charge on any atom is -0.347 e. The van der Waals surface area contributed by atoms with Crippen LogP contribution in [-0.2, 0) is 0 Å². The van der Waals surface area contributed by atoms with Crippen LogP contribution in [-0.4, -0.2) is 33.4 Å². The van der Waals surface area contributed by atoms with E-state index in [0.717, 1.165) is 31.4 Å². The zero-order chi connectivity index (χ0) is 22.4. The number of hydrazine groups is 1. The molecule has 2 atom stereocenters. The summed E-state index contributed by atoms with van der Waals surface area (Å²) < 4.78 is 13.1. The molecule has 2 aliphatic rings. The zero-order valence-corrected chi connectivity index (χ0v) is 17.7. The van der Waals surface area contributed by atoms with Gasteiger partial charge in [0.25, 0.3) is 5.91 Å². The number of aromatic nitrogens is 2. The number of hydrogen-bond donors (Lipinski definition) is 2. The van der Waals surface area contributed by atoms with E-state index in [1.54, 1.807) is 0 Å². The first-order valence-electron chi connectivity index (χ1n) is 10.1. The van der Waals surface area contributed by atoms with Crippen LogP contribution in [0.1, 0.15) is 50.4 Å². The molecule has 2 bridgehead atoms. The Bertz CT molecular complexity index is 1030. The first kappa shape index (κ1) is 21.0. The smallest absolute Gasteiger partial charge is 0.347 e. The zero-order valence-electron chi connectivity index (χ0n) is 17.7. The molecule has 2 fully saturated rings. The molecule has 2 N–H and O–H groups in total. The van der Waals surface area contributed by atoms with Crippen LogP contribution in [0.5, 0.6) is 0 Å². The Labute approximate surface area is 179 Å². The third-order valence-electron chi connectivity index (χ3n) is 6.07. The number of hydrogen-bond acceptors (Lipinski definition) is 7. The fourth-order valence-corrected chi connectivity index (χ4v) is 5.34. The summed E-state index contributed by atoms with van der Waals surface area (Å²) in [4.78, 5) is 34.0. The number of carbonyl (C=O) groups is 1. The van der Waals surface area contributed by atoms with Crippen molar-refractivity contribution < 1.29 is 14.1 Å². The summed E-state index contributed by atoms with van der Waals surface area (Å²) in [7, 11) is 0. The largest absolute Gasteiger partial charge is 0.355 e. The lowest BCUT2D eigenvalue weighted by Crippen LogP contribution is -2.35. The maximum absolute atomic E-state index is 13.1. The normalized spacial score (nSPS) is 24.0. The quantitative estimate of drug-likeness (QED) is 0.552. The van der Waals surface area contributed by atoms with Crippen LogP contribution < -0.4 is 15.8 Å². The molecule has 1 aliphatic carbocycles. The molecule has 2 heterocycles. The van der Waals surface area contributed by atoms with Crippen molar-refractivity contribution >= 4 is 23.2 Å². The molecule has 1 amide bonds. The van der Waals surface area contributed by atoms with Gasteiger partial charge in [-0.15, -0.1) is 0 Å². The van der Waals surface area contributed by atoms with E-state index in [1.807, 2.05) is 4.90 Å². The highest BCUT2D eigenvalue weighted by Gasteiger charge is 2.51. The Morgan fingerprint density at radius 2 is 1.94 bits per heavy atom. The van der Waals surface area contributed by atoms with Crippen LogP contribution in [0.2, 0.25) is 0 Å². The molecular weight excluding hydrogens is 403 g/mol. The highest BCUT2D eigenvalue weighted by Crippen LogP contribution is 2.54. The number of fused-ring (bicyclic) bond motifs is 2. The summed E-state index contributed by atoms with van der Waals surface area (Å²) >= 11 is 0. The maximum Gasteiger partial charge on any atom is 0.355 e. The molecule has 31 heavy (non-hydrogen) atoms. The summed E-state index contributed by atoms with van der Waals surface area (Å²) in [5.41, 5.74) is 5.07. The van der Waals surface area contributed by atoms with Gasteiger partial charge in [-0.25, -0.2) is 14.4 Å². The number of rotatable bonds is 5. The third-order valence-corrected chi connectivity index (χ3v) is 6.07. The lowest BCUT2D eigenvalue weighted by Gasteiger charge is -2.39. The second-order valence-electron chi connectivity index (χ2n) is 9.58. The van der Waals surface area contributed by atoms with E-state index in [9.17, 15) is 19.3 Å². The summed E-state index contributed by atoms with van der Waals surface area (Å²) in [5, 5.41) is 12.0. The number of nitrogens with one attached hydrogen (secondary N) is 2. The van der Waals surface area contributed by atoms with E-state index in [-0.39, 0.29) is 39.8 Å². The van der Waals surface area contributed by atoms with Crippen LogP contribution in [0.3, 0.4) is 0 Å². The maximum atomic E-state index is 13.1. The van der Waals surface area contributed by atoms with E-state index >= 15 is 0 Å². The fourth-order valence-electron chi connectivity index (χ4n) is 5.34. The molecule has 1 aliphatic heterocycles. The molecule has 1 aromatic carbocycles. The molecule has 9 nitrogen and oxygen atoms in total. The Hall–Kier alpha value is -3.30. The number of benzene rings is 1. The molecule has 2 aromatic rings. The minimum atomic E-state index is -0.569. The first-order valence-corrected chi connectivity index (χ1v) is 10.1. The predicted octanol–water partition coefficient (Wildman–Crippen LogP) is 3.69. The molecule has 4 rings (SSSR count). The van der Waals surface area contributed by atoms with Crippen molar-refractivity contribution in [2.24, 2.45) is 10.8 Å². The van der Waals surface area contributed by atoms with E-state index in [4.69, 9.17) is 0 Å². The monoisotopic (exact) mass is 428 g/mol. The fraction of sp³-hybridized carbons (Fsp3) is 0.476. The van der Waals surface area contributed by atoms with Gasteiger partial charge in [-0.3, -0.25) is 25.8 Å². The number of carbonyl (C=O) groups excluding carboxylic acids is 1. The van der Waals surface area contributed by atoms with Gasteiger partial charge in [0.2, 0.25) is 11.6 Å². The Balaban J connectivity index is 1.60. The van der Waals surface area contributed by atoms with Crippen LogP contribution in [0.4, 0.5) is 21.7 Å². The van der Waals surface area contributed by atoms with Gasteiger partial charge < -0.3 is 4.90 Å². The lowest BCUT2D eigenvalue weighted by atomic mass is 9.65. The number of halogens is 1. The SMILES string of the molecule is CC1(C)CC2CC(C)(CN2c2ncnc(NNC(=O)c3ccc(F)cc3)c2[N+](=O)[O-])C1. The molecule has 1 aromatic heterocycles. The van der Waals surface area contributed by atoms with Gasteiger partial charge in [-0.2, -0.15) is 0 Å². The Morgan fingerprint density at radius 3 is 2.61 bits per heavy atom. The number of anilines is 2. The van der Waals surface area contributed by atoms with E-state index in [0.29, 0.717) is 6.54 Å². The van der Waals surface area contributed by atoms with Crippen molar-refractivity contribution in [3.8, 4) is 0 Å². The molecular formula is C21H25FN6O3. The van der Waals surface area contributed by atoms with E-state index in [2.05, 4.69) is 41.6 Å². The molecule has 0 radical (unpaired) electrons. The summed E-state index contributed by atoms with van der Waals surface area (Å²) in [6.45, 7) is 7.36. The highest BCUT2D eigenvalue weighted by atomic mass is 19.1. The van der Waals surface area contributed by atoms with Gasteiger partial charge in [-0.05, 0) is 54.4 Å². The van der Waals surface area contributed by atoms with E-state index < -0.39 is 16.6 Å². The molecule has 0 spiro atoms. The van der Waals surface area contributed by atoms with Crippen molar-refractivity contribution in [2.75, 3.05) is 16.9 Å². The van der Waals surface area contributed by atoms with Gasteiger partial charge in [0.1, 0.15) is 12.1 Å². The number of nitrogens with zero attached hydrogens (tertiary/aromatic N) is 4. The summed E-state index contributed by atoms with van der Waals surface area (Å²) in [6, 6.07) is 5.11. The third kappa shape index (κ3) is 4.14. The van der Waals surface area contributed by atoms with Crippen LogP contribution >= 0.6 is 0 Å². The number of amides is 1. The average molecular weight is 428 g/mol. The van der Waals surface area contributed by atoms with Gasteiger partial charge in [0, 0.05) is 18.2 Å². The van der Waals surface area contributed by atoms with Crippen molar-refractivity contribution in [1.82, 2.24) is 15.4 Å². The highest BCUT2D eigenvalue weighted by molar-refractivity contribution is 5.95. The van der Waals surface area contributed by atoms with Crippen LogP contribution in [0.15, 0.2) is 30.6 Å². The molecule has 2 unspecified atom stereocenters. The summed E-state index contributed by atoms with van der Waals surface area (Å²) in [5.74, 6) is -0.879. The first-order chi connectivity index (χ1) is 14.6. The van der Waals surface area contributed by atoms with Crippen molar-refractivity contribution in [2.45, 2.75) is 46.1 Å². The van der Waals surface area contributed by atoms with Crippen molar-refractivity contribution in [1.29, 1.82) is 0 Å². The molecule has 164 valence electrons. The average Bonchev–Trinajstić information content (AvgIpc) is 2.94. The van der Waals surface area contributed by atoms with Crippen LogP contribution in [0, 0.1) is 26.8 Å². The second kappa shape index (κ2) is 7.44. The lowest BCUT2D eigenvalue weighted by molar-refractivity contribution is -0.383. The van der Waals surface area contributed by atoms with Gasteiger partial charge >= 0.3 is 5.69 Å². The molecule has 1 saturated carbocycles. The number of nitro groups is 1. The topological polar surface area (TPSA) is 113 Å². The Kier molecular flexibility index (Phi) is 5.03. The molecule has 10 heteroatoms.